The minimum absolute atomic E-state index is 0. The summed E-state index contributed by atoms with van der Waals surface area (Å²) in [6.07, 6.45) is 6.00. The summed E-state index contributed by atoms with van der Waals surface area (Å²) in [7, 11) is 1.83. The summed E-state index contributed by atoms with van der Waals surface area (Å²) in [5.41, 5.74) is 2.07. The van der Waals surface area contributed by atoms with Gasteiger partial charge in [0.1, 0.15) is 0 Å². The van der Waals surface area contributed by atoms with Crippen molar-refractivity contribution in [3.63, 3.8) is 0 Å². The summed E-state index contributed by atoms with van der Waals surface area (Å²) in [4.78, 5) is 15.4. The predicted octanol–water partition coefficient (Wildman–Crippen LogP) is 4.19. The summed E-state index contributed by atoms with van der Waals surface area (Å²) in [6.45, 7) is 7.02. The maximum Gasteiger partial charge on any atom is 0.221 e. The van der Waals surface area contributed by atoms with Crippen LogP contribution in [0, 0.1) is 11.8 Å². The molecule has 0 heterocycles. The molecule has 0 atom stereocenters. The van der Waals surface area contributed by atoms with Gasteiger partial charge in [-0.05, 0) is 61.6 Å². The van der Waals surface area contributed by atoms with Crippen molar-refractivity contribution in [1.82, 2.24) is 10.6 Å². The van der Waals surface area contributed by atoms with Gasteiger partial charge in [-0.25, -0.2) is 0 Å². The fourth-order valence-corrected chi connectivity index (χ4v) is 3.60. The molecule has 0 aliphatic heterocycles. The van der Waals surface area contributed by atoms with Crippen LogP contribution in [-0.4, -0.2) is 31.5 Å². The largest absolute Gasteiger partial charge is 0.356 e. The molecule has 1 fully saturated rings. The third-order valence-electron chi connectivity index (χ3n) is 5.26. The van der Waals surface area contributed by atoms with Crippen molar-refractivity contribution in [3.8, 4) is 0 Å². The quantitative estimate of drug-likeness (QED) is 0.321. The normalized spacial score (nSPS) is 20.0. The smallest absolute Gasteiger partial charge is 0.221 e. The zero-order chi connectivity index (χ0) is 18.9. The molecule has 1 aliphatic rings. The van der Waals surface area contributed by atoms with E-state index in [2.05, 4.69) is 46.9 Å². The maximum absolute atomic E-state index is 11.1. The Morgan fingerprint density at radius 3 is 2.30 bits per heavy atom. The highest BCUT2D eigenvalue weighted by atomic mass is 127. The number of nitrogens with zero attached hydrogens (tertiary/aromatic N) is 1. The Kier molecular flexibility index (Phi) is 10.7. The third-order valence-corrected chi connectivity index (χ3v) is 5.26. The van der Waals surface area contributed by atoms with E-state index < -0.39 is 0 Å². The van der Waals surface area contributed by atoms with Crippen LogP contribution in [0.2, 0.25) is 0 Å². The van der Waals surface area contributed by atoms with Gasteiger partial charge in [-0.2, -0.15) is 0 Å². The Labute approximate surface area is 181 Å². The van der Waals surface area contributed by atoms with E-state index in [9.17, 15) is 4.79 Å². The molecular formula is C21H35IN4O. The molecule has 0 radical (unpaired) electrons. The van der Waals surface area contributed by atoms with E-state index in [0.717, 1.165) is 36.4 Å². The van der Waals surface area contributed by atoms with Crippen molar-refractivity contribution in [1.29, 1.82) is 0 Å². The van der Waals surface area contributed by atoms with Gasteiger partial charge in [-0.3, -0.25) is 9.79 Å². The molecule has 152 valence electrons. The first-order valence-corrected chi connectivity index (χ1v) is 9.81. The number of rotatable bonds is 6. The van der Waals surface area contributed by atoms with Crippen LogP contribution in [0.5, 0.6) is 0 Å². The predicted molar refractivity (Wildman–Crippen MR) is 125 cm³/mol. The number of anilines is 1. The van der Waals surface area contributed by atoms with Crippen molar-refractivity contribution in [3.05, 3.63) is 29.8 Å². The lowest BCUT2D eigenvalue weighted by molar-refractivity contribution is -0.114. The third kappa shape index (κ3) is 8.49. The summed E-state index contributed by atoms with van der Waals surface area (Å²) in [6, 6.07) is 8.52. The standard InChI is InChI=1S/C21H34N4O.HI/c1-15(2)18-7-11-20(12-8-18)25-21(22-4)23-14-13-17-5-9-19(10-6-17)24-16(3)26;/h5-6,9-10,15,18,20H,7-8,11-14H2,1-4H3,(H,24,26)(H2,22,23,25);1H. The van der Waals surface area contributed by atoms with Crippen molar-refractivity contribution >= 4 is 41.5 Å². The highest BCUT2D eigenvalue weighted by Crippen LogP contribution is 2.29. The second kappa shape index (κ2) is 12.2. The van der Waals surface area contributed by atoms with E-state index in [-0.39, 0.29) is 29.9 Å². The van der Waals surface area contributed by atoms with Gasteiger partial charge in [0.25, 0.3) is 0 Å². The molecule has 27 heavy (non-hydrogen) atoms. The molecule has 5 nitrogen and oxygen atoms in total. The van der Waals surface area contributed by atoms with Crippen LogP contribution >= 0.6 is 24.0 Å². The fourth-order valence-electron chi connectivity index (χ4n) is 3.60. The first-order chi connectivity index (χ1) is 12.5. The van der Waals surface area contributed by atoms with Gasteiger partial charge >= 0.3 is 0 Å². The molecule has 1 aliphatic carbocycles. The van der Waals surface area contributed by atoms with Crippen LogP contribution in [-0.2, 0) is 11.2 Å². The SMILES string of the molecule is CN=C(NCCc1ccc(NC(C)=O)cc1)NC1CCC(C(C)C)CC1.I. The number of nitrogens with one attached hydrogen (secondary N) is 3. The lowest BCUT2D eigenvalue weighted by atomic mass is 9.80. The number of aliphatic imine (C=N–C) groups is 1. The maximum atomic E-state index is 11.1. The number of hydrogen-bond acceptors (Lipinski definition) is 2. The Hall–Kier alpha value is -1.31. The van der Waals surface area contributed by atoms with Crippen LogP contribution in [0.25, 0.3) is 0 Å². The monoisotopic (exact) mass is 486 g/mol. The van der Waals surface area contributed by atoms with Crippen LogP contribution in [0.15, 0.2) is 29.3 Å². The van der Waals surface area contributed by atoms with E-state index in [1.165, 1.54) is 38.2 Å². The summed E-state index contributed by atoms with van der Waals surface area (Å²) < 4.78 is 0. The van der Waals surface area contributed by atoms with Crippen molar-refractivity contribution < 1.29 is 4.79 Å². The average molecular weight is 486 g/mol. The zero-order valence-electron chi connectivity index (χ0n) is 17.0. The van der Waals surface area contributed by atoms with Crippen LogP contribution in [0.1, 0.15) is 52.0 Å². The number of halogens is 1. The molecule has 0 saturated heterocycles. The van der Waals surface area contributed by atoms with E-state index in [4.69, 9.17) is 0 Å². The van der Waals surface area contributed by atoms with Gasteiger partial charge in [-0.1, -0.05) is 26.0 Å². The van der Waals surface area contributed by atoms with Gasteiger partial charge in [0.05, 0.1) is 0 Å². The Morgan fingerprint density at radius 2 is 1.78 bits per heavy atom. The van der Waals surface area contributed by atoms with Crippen molar-refractivity contribution in [2.75, 3.05) is 18.9 Å². The average Bonchev–Trinajstić information content (AvgIpc) is 2.62. The summed E-state index contributed by atoms with van der Waals surface area (Å²) in [5.74, 6) is 2.53. The molecule has 6 heteroatoms. The number of guanidine groups is 1. The van der Waals surface area contributed by atoms with Gasteiger partial charge in [0.2, 0.25) is 5.91 Å². The molecule has 1 saturated carbocycles. The first kappa shape index (κ1) is 23.7. The highest BCUT2D eigenvalue weighted by Gasteiger charge is 2.23. The lowest BCUT2D eigenvalue weighted by Gasteiger charge is -2.32. The number of carbonyl (C=O) groups excluding carboxylic acids is 1. The van der Waals surface area contributed by atoms with Gasteiger partial charge in [0, 0.05) is 32.2 Å². The minimum atomic E-state index is -0.0447. The minimum Gasteiger partial charge on any atom is -0.356 e. The van der Waals surface area contributed by atoms with E-state index >= 15 is 0 Å². The van der Waals surface area contributed by atoms with E-state index in [1.807, 2.05) is 19.2 Å². The first-order valence-electron chi connectivity index (χ1n) is 9.81. The number of benzene rings is 1. The summed E-state index contributed by atoms with van der Waals surface area (Å²) in [5, 5.41) is 9.78. The second-order valence-corrected chi connectivity index (χ2v) is 7.63. The molecule has 0 unspecified atom stereocenters. The Balaban J connectivity index is 0.00000364. The Bertz CT molecular complexity index is 593. The summed E-state index contributed by atoms with van der Waals surface area (Å²) >= 11 is 0. The number of carbonyl (C=O) groups is 1. The molecule has 2 rings (SSSR count). The fraction of sp³-hybridized carbons (Fsp3) is 0.619. The molecular weight excluding hydrogens is 451 g/mol. The van der Waals surface area contributed by atoms with Crippen molar-refractivity contribution in [2.24, 2.45) is 16.8 Å². The van der Waals surface area contributed by atoms with Gasteiger partial charge in [0.15, 0.2) is 5.96 Å². The molecule has 0 bridgehead atoms. The molecule has 0 aromatic heterocycles. The van der Waals surface area contributed by atoms with Crippen LogP contribution in [0.3, 0.4) is 0 Å². The molecule has 0 spiro atoms. The Morgan fingerprint density at radius 1 is 1.15 bits per heavy atom. The molecule has 1 amide bonds. The number of amides is 1. The van der Waals surface area contributed by atoms with Crippen LogP contribution < -0.4 is 16.0 Å². The zero-order valence-corrected chi connectivity index (χ0v) is 19.4. The number of hydrogen-bond donors (Lipinski definition) is 3. The van der Waals surface area contributed by atoms with Crippen LogP contribution in [0.4, 0.5) is 5.69 Å². The van der Waals surface area contributed by atoms with Gasteiger partial charge < -0.3 is 16.0 Å². The lowest BCUT2D eigenvalue weighted by Crippen LogP contribution is -2.45. The van der Waals surface area contributed by atoms with Gasteiger partial charge in [-0.15, -0.1) is 24.0 Å². The highest BCUT2D eigenvalue weighted by molar-refractivity contribution is 14.0. The molecule has 1 aromatic carbocycles. The van der Waals surface area contributed by atoms with E-state index in [0.29, 0.717) is 6.04 Å². The van der Waals surface area contributed by atoms with E-state index in [1.54, 1.807) is 0 Å². The van der Waals surface area contributed by atoms with Crippen molar-refractivity contribution in [2.45, 2.75) is 58.9 Å². The molecule has 3 N–H and O–H groups in total. The topological polar surface area (TPSA) is 65.5 Å². The molecule has 1 aromatic rings. The second-order valence-electron chi connectivity index (χ2n) is 7.63.